The second-order valence-electron chi connectivity index (χ2n) is 4.59. The summed E-state index contributed by atoms with van der Waals surface area (Å²) >= 11 is 0. The van der Waals surface area contributed by atoms with Gasteiger partial charge in [0.2, 0.25) is 0 Å². The summed E-state index contributed by atoms with van der Waals surface area (Å²) in [6.45, 7) is 1.50. The van der Waals surface area contributed by atoms with Crippen LogP contribution >= 0.6 is 0 Å². The molecule has 100 valence electrons. The van der Waals surface area contributed by atoms with Crippen LogP contribution in [0, 0.1) is 11.8 Å². The van der Waals surface area contributed by atoms with Gasteiger partial charge in [0, 0.05) is 12.3 Å². The molecule has 1 heterocycles. The first-order chi connectivity index (χ1) is 8.21. The van der Waals surface area contributed by atoms with Crippen molar-refractivity contribution in [3.8, 4) is 0 Å². The maximum absolute atomic E-state index is 12.3. The van der Waals surface area contributed by atoms with Crippen LogP contribution in [0.1, 0.15) is 19.8 Å². The monoisotopic (exact) mass is 264 g/mol. The molecule has 3 atom stereocenters. The van der Waals surface area contributed by atoms with Gasteiger partial charge in [-0.15, -0.1) is 0 Å². The standard InChI is InChI=1S/C11H11F3O4/c1-4-2-7(15)8(10(17)18-4)9(16)5-3-6(5)11(12,13)14/h4-6,16H,2-3H2,1H3/b9-8+/t4-,5?,6?/m1/s1. The minimum atomic E-state index is -4.42. The number of ether oxygens (including phenoxy) is 1. The number of esters is 1. The zero-order valence-electron chi connectivity index (χ0n) is 9.45. The van der Waals surface area contributed by atoms with E-state index in [1.165, 1.54) is 6.92 Å². The van der Waals surface area contributed by atoms with Crippen LogP contribution in [0.2, 0.25) is 0 Å². The first kappa shape index (κ1) is 12.9. The number of aliphatic hydroxyl groups excluding tert-OH is 1. The van der Waals surface area contributed by atoms with E-state index >= 15 is 0 Å². The molecule has 0 aromatic heterocycles. The highest BCUT2D eigenvalue weighted by molar-refractivity contribution is 6.19. The van der Waals surface area contributed by atoms with Gasteiger partial charge in [0.15, 0.2) is 5.78 Å². The summed E-state index contributed by atoms with van der Waals surface area (Å²) in [5.41, 5.74) is -0.621. The fourth-order valence-electron chi connectivity index (χ4n) is 2.05. The number of ketones is 1. The lowest BCUT2D eigenvalue weighted by Gasteiger charge is -2.20. The van der Waals surface area contributed by atoms with Crippen LogP contribution in [0.5, 0.6) is 0 Å². The molecule has 1 aliphatic carbocycles. The van der Waals surface area contributed by atoms with Crippen LogP contribution in [0.3, 0.4) is 0 Å². The van der Waals surface area contributed by atoms with Crippen molar-refractivity contribution < 1.29 is 32.6 Å². The first-order valence-corrected chi connectivity index (χ1v) is 5.45. The van der Waals surface area contributed by atoms with E-state index in [-0.39, 0.29) is 12.8 Å². The molecule has 18 heavy (non-hydrogen) atoms. The number of rotatable bonds is 1. The largest absolute Gasteiger partial charge is 0.511 e. The molecule has 1 saturated heterocycles. The van der Waals surface area contributed by atoms with Crippen molar-refractivity contribution >= 4 is 11.8 Å². The molecule has 0 spiro atoms. The van der Waals surface area contributed by atoms with Crippen LogP contribution < -0.4 is 0 Å². The van der Waals surface area contributed by atoms with Crippen LogP contribution in [0.15, 0.2) is 11.3 Å². The topological polar surface area (TPSA) is 63.6 Å². The van der Waals surface area contributed by atoms with Gasteiger partial charge in [0.25, 0.3) is 0 Å². The maximum Gasteiger partial charge on any atom is 0.392 e. The summed E-state index contributed by atoms with van der Waals surface area (Å²) in [7, 11) is 0. The Labute approximate surface area is 100 Å². The zero-order chi connectivity index (χ0) is 13.7. The minimum Gasteiger partial charge on any atom is -0.511 e. The summed E-state index contributed by atoms with van der Waals surface area (Å²) in [4.78, 5) is 22.9. The first-order valence-electron chi connectivity index (χ1n) is 5.45. The van der Waals surface area contributed by atoms with Crippen molar-refractivity contribution in [1.29, 1.82) is 0 Å². The highest BCUT2D eigenvalue weighted by Gasteiger charge is 2.58. The average molecular weight is 264 g/mol. The van der Waals surface area contributed by atoms with E-state index in [1.807, 2.05) is 0 Å². The average Bonchev–Trinajstić information content (AvgIpc) is 2.93. The normalized spacial score (nSPS) is 35.2. The Balaban J connectivity index is 2.22. The molecule has 1 saturated carbocycles. The number of cyclic esters (lactones) is 1. The molecule has 2 unspecified atom stereocenters. The fourth-order valence-corrected chi connectivity index (χ4v) is 2.05. The lowest BCUT2D eigenvalue weighted by Crippen LogP contribution is -2.31. The smallest absolute Gasteiger partial charge is 0.392 e. The third kappa shape index (κ3) is 2.21. The Morgan fingerprint density at radius 2 is 2.00 bits per heavy atom. The summed E-state index contributed by atoms with van der Waals surface area (Å²) in [5, 5.41) is 9.63. The molecule has 2 rings (SSSR count). The van der Waals surface area contributed by atoms with Crippen molar-refractivity contribution in [2.24, 2.45) is 11.8 Å². The summed E-state index contributed by atoms with van der Waals surface area (Å²) in [6.07, 6.45) is -5.45. The lowest BCUT2D eigenvalue weighted by molar-refractivity contribution is -0.153. The third-order valence-corrected chi connectivity index (χ3v) is 3.08. The number of carbonyl (C=O) groups is 2. The van der Waals surface area contributed by atoms with Crippen molar-refractivity contribution in [2.45, 2.75) is 32.0 Å². The number of carbonyl (C=O) groups excluding carboxylic acids is 2. The Kier molecular flexibility index (Phi) is 2.87. The number of Topliss-reactive ketones (excluding diaryl/α,β-unsaturated/α-hetero) is 1. The van der Waals surface area contributed by atoms with E-state index in [9.17, 15) is 27.9 Å². The van der Waals surface area contributed by atoms with Gasteiger partial charge >= 0.3 is 12.1 Å². The molecule has 2 aliphatic rings. The molecule has 1 aliphatic heterocycles. The van der Waals surface area contributed by atoms with Gasteiger partial charge in [-0.1, -0.05) is 0 Å². The Hall–Kier alpha value is -1.53. The van der Waals surface area contributed by atoms with E-state index < -0.39 is 47.2 Å². The molecule has 0 amide bonds. The lowest BCUT2D eigenvalue weighted by atomic mass is 9.99. The number of hydrogen-bond donors (Lipinski definition) is 1. The molecular weight excluding hydrogens is 253 g/mol. The minimum absolute atomic E-state index is 0.117. The number of aliphatic hydroxyl groups is 1. The molecule has 2 fully saturated rings. The van der Waals surface area contributed by atoms with Gasteiger partial charge in [-0.3, -0.25) is 4.79 Å². The predicted octanol–water partition coefficient (Wildman–Crippen LogP) is 1.90. The highest BCUT2D eigenvalue weighted by atomic mass is 19.4. The summed E-state index contributed by atoms with van der Waals surface area (Å²) in [6, 6.07) is 0. The highest BCUT2D eigenvalue weighted by Crippen LogP contribution is 2.53. The van der Waals surface area contributed by atoms with Crippen molar-refractivity contribution in [3.05, 3.63) is 11.3 Å². The van der Waals surface area contributed by atoms with Crippen LogP contribution in [-0.4, -0.2) is 29.1 Å². The predicted molar refractivity (Wildman–Crippen MR) is 52.5 cm³/mol. The molecular formula is C11H11F3O4. The molecule has 7 heteroatoms. The molecule has 0 bridgehead atoms. The van der Waals surface area contributed by atoms with Crippen molar-refractivity contribution in [2.75, 3.05) is 0 Å². The fraction of sp³-hybridized carbons (Fsp3) is 0.636. The summed E-state index contributed by atoms with van der Waals surface area (Å²) < 4.78 is 41.7. The SMILES string of the molecule is C[C@@H]1CC(=O)/C(=C(\O)C2CC2C(F)(F)F)C(=O)O1. The van der Waals surface area contributed by atoms with Crippen molar-refractivity contribution in [3.63, 3.8) is 0 Å². The maximum atomic E-state index is 12.3. The van der Waals surface area contributed by atoms with Gasteiger partial charge < -0.3 is 9.84 Å². The number of halogens is 3. The molecule has 1 N–H and O–H groups in total. The van der Waals surface area contributed by atoms with Gasteiger partial charge in [-0.2, -0.15) is 13.2 Å². The second kappa shape index (κ2) is 4.00. The molecule has 0 aromatic rings. The van der Waals surface area contributed by atoms with E-state index in [4.69, 9.17) is 4.74 Å². The van der Waals surface area contributed by atoms with Gasteiger partial charge in [0.1, 0.15) is 17.4 Å². The van der Waals surface area contributed by atoms with Gasteiger partial charge in [0.05, 0.1) is 5.92 Å². The van der Waals surface area contributed by atoms with E-state index in [0.717, 1.165) is 0 Å². The number of alkyl halides is 3. The van der Waals surface area contributed by atoms with E-state index in [0.29, 0.717) is 0 Å². The quantitative estimate of drug-likeness (QED) is 0.340. The third-order valence-electron chi connectivity index (χ3n) is 3.08. The molecule has 0 radical (unpaired) electrons. The Morgan fingerprint density at radius 1 is 1.39 bits per heavy atom. The van der Waals surface area contributed by atoms with Gasteiger partial charge in [-0.05, 0) is 13.3 Å². The number of allylic oxidation sites excluding steroid dienone is 1. The van der Waals surface area contributed by atoms with Crippen LogP contribution in [0.25, 0.3) is 0 Å². The zero-order valence-corrected chi connectivity index (χ0v) is 9.45. The Morgan fingerprint density at radius 3 is 2.44 bits per heavy atom. The van der Waals surface area contributed by atoms with E-state index in [1.54, 1.807) is 0 Å². The van der Waals surface area contributed by atoms with E-state index in [2.05, 4.69) is 0 Å². The Bertz CT molecular complexity index is 418. The summed E-state index contributed by atoms with van der Waals surface area (Å²) in [5.74, 6) is -5.35. The second-order valence-corrected chi connectivity index (χ2v) is 4.59. The van der Waals surface area contributed by atoms with Crippen molar-refractivity contribution in [1.82, 2.24) is 0 Å². The molecule has 4 nitrogen and oxygen atoms in total. The van der Waals surface area contributed by atoms with Crippen LogP contribution in [0.4, 0.5) is 13.2 Å². The van der Waals surface area contributed by atoms with Gasteiger partial charge in [-0.25, -0.2) is 4.79 Å². The number of hydrogen-bond acceptors (Lipinski definition) is 4. The van der Waals surface area contributed by atoms with Crippen LogP contribution in [-0.2, 0) is 14.3 Å². The molecule has 0 aromatic carbocycles.